The standard InChI is InChI=1S/C26H30N6O3/c33-23-20-16-18-6-3-15-32(18)26(20)19-7-1-2-8-22(19)31(25(26)35)14-5-13-30(12-4-9-29-23)24(34)21-17-27-10-11-28-21/h1-2,7-8,10-11,17-18,20H,3-6,9,12-16H2,(H,29,33)/t18-,20+,26+/m0/s1. The van der Waals surface area contributed by atoms with Gasteiger partial charge in [-0.3, -0.25) is 24.3 Å². The van der Waals surface area contributed by atoms with E-state index in [4.69, 9.17) is 0 Å². The molecule has 182 valence electrons. The summed E-state index contributed by atoms with van der Waals surface area (Å²) in [6.45, 7) is 2.79. The van der Waals surface area contributed by atoms with Gasteiger partial charge in [0.1, 0.15) is 11.2 Å². The smallest absolute Gasteiger partial charge is 0.274 e. The monoisotopic (exact) mass is 474 g/mol. The molecule has 0 saturated carbocycles. The lowest BCUT2D eigenvalue weighted by atomic mass is 9.78. The Morgan fingerprint density at radius 2 is 1.89 bits per heavy atom. The topological polar surface area (TPSA) is 98.7 Å². The first-order valence-corrected chi connectivity index (χ1v) is 12.6. The summed E-state index contributed by atoms with van der Waals surface area (Å²) in [5.41, 5.74) is 1.23. The van der Waals surface area contributed by atoms with Crippen LogP contribution in [-0.4, -0.2) is 76.3 Å². The number of anilines is 1. The van der Waals surface area contributed by atoms with E-state index in [0.717, 1.165) is 30.6 Å². The maximum Gasteiger partial charge on any atom is 0.274 e. The van der Waals surface area contributed by atoms with E-state index in [0.29, 0.717) is 51.1 Å². The number of fused-ring (bicyclic) bond motifs is 4. The molecule has 4 aliphatic heterocycles. The van der Waals surface area contributed by atoms with E-state index in [1.54, 1.807) is 11.1 Å². The van der Waals surface area contributed by atoms with Crippen LogP contribution in [0.4, 0.5) is 5.69 Å². The average molecular weight is 475 g/mol. The van der Waals surface area contributed by atoms with Crippen LogP contribution in [0.2, 0.25) is 0 Å². The van der Waals surface area contributed by atoms with Crippen molar-refractivity contribution in [1.82, 2.24) is 25.1 Å². The lowest BCUT2D eigenvalue weighted by molar-refractivity contribution is -0.138. The Morgan fingerprint density at radius 1 is 1.03 bits per heavy atom. The zero-order valence-corrected chi connectivity index (χ0v) is 19.7. The van der Waals surface area contributed by atoms with Crippen LogP contribution in [-0.2, 0) is 15.1 Å². The van der Waals surface area contributed by atoms with Gasteiger partial charge in [0.15, 0.2) is 0 Å². The summed E-state index contributed by atoms with van der Waals surface area (Å²) in [5.74, 6) is -0.644. The fourth-order valence-corrected chi connectivity index (χ4v) is 6.69. The molecule has 1 aromatic heterocycles. The first kappa shape index (κ1) is 22.2. The highest BCUT2D eigenvalue weighted by atomic mass is 16.2. The first-order chi connectivity index (χ1) is 17.1. The molecule has 0 radical (unpaired) electrons. The van der Waals surface area contributed by atoms with E-state index in [2.05, 4.69) is 20.2 Å². The van der Waals surface area contributed by atoms with Crippen molar-refractivity contribution in [1.29, 1.82) is 0 Å². The summed E-state index contributed by atoms with van der Waals surface area (Å²) < 4.78 is 0. The van der Waals surface area contributed by atoms with Crippen molar-refractivity contribution in [3.8, 4) is 0 Å². The summed E-state index contributed by atoms with van der Waals surface area (Å²) >= 11 is 0. The molecular weight excluding hydrogens is 444 g/mol. The molecule has 9 nitrogen and oxygen atoms in total. The number of carbonyl (C=O) groups excluding carboxylic acids is 3. The van der Waals surface area contributed by atoms with Gasteiger partial charge in [0.05, 0.1) is 12.1 Å². The van der Waals surface area contributed by atoms with E-state index >= 15 is 0 Å². The second-order valence-corrected chi connectivity index (χ2v) is 9.90. The fraction of sp³-hybridized carbons (Fsp3) is 0.500. The van der Waals surface area contributed by atoms with E-state index in [-0.39, 0.29) is 23.8 Å². The molecule has 3 fully saturated rings. The number of para-hydroxylation sites is 1. The summed E-state index contributed by atoms with van der Waals surface area (Å²) in [7, 11) is 0. The fourth-order valence-electron chi connectivity index (χ4n) is 6.69. The summed E-state index contributed by atoms with van der Waals surface area (Å²) in [6, 6.07) is 8.21. The minimum Gasteiger partial charge on any atom is -0.356 e. The Labute approximate surface area is 204 Å². The predicted octanol–water partition coefficient (Wildman–Crippen LogP) is 1.56. The summed E-state index contributed by atoms with van der Waals surface area (Å²) in [4.78, 5) is 55.1. The molecule has 0 unspecified atom stereocenters. The van der Waals surface area contributed by atoms with Crippen LogP contribution >= 0.6 is 0 Å². The Bertz CT molecular complexity index is 1160. The minimum atomic E-state index is -0.926. The minimum absolute atomic E-state index is 0.00861. The number of hydrogen-bond acceptors (Lipinski definition) is 6. The van der Waals surface area contributed by atoms with Crippen molar-refractivity contribution >= 4 is 23.4 Å². The zero-order chi connectivity index (χ0) is 24.0. The molecule has 3 atom stereocenters. The molecular formula is C26H30N6O3. The summed E-state index contributed by atoms with van der Waals surface area (Å²) in [5, 5.41) is 3.11. The van der Waals surface area contributed by atoms with Crippen molar-refractivity contribution < 1.29 is 14.4 Å². The van der Waals surface area contributed by atoms with Crippen LogP contribution < -0.4 is 10.2 Å². The maximum absolute atomic E-state index is 14.3. The third kappa shape index (κ3) is 3.36. The van der Waals surface area contributed by atoms with Crippen LogP contribution in [0.15, 0.2) is 42.9 Å². The first-order valence-electron chi connectivity index (χ1n) is 12.6. The number of hydrogen-bond donors (Lipinski definition) is 1. The van der Waals surface area contributed by atoms with Gasteiger partial charge >= 0.3 is 0 Å². The highest BCUT2D eigenvalue weighted by Crippen LogP contribution is 2.57. The molecule has 2 bridgehead atoms. The molecule has 6 rings (SSSR count). The van der Waals surface area contributed by atoms with E-state index in [1.807, 2.05) is 29.2 Å². The predicted molar refractivity (Wildman–Crippen MR) is 128 cm³/mol. The van der Waals surface area contributed by atoms with Crippen LogP contribution in [0.25, 0.3) is 0 Å². The molecule has 1 aromatic carbocycles. The molecule has 0 aliphatic carbocycles. The number of nitrogens with one attached hydrogen (secondary N) is 1. The van der Waals surface area contributed by atoms with Gasteiger partial charge in [0.2, 0.25) is 5.91 Å². The van der Waals surface area contributed by atoms with E-state index in [1.165, 1.54) is 12.4 Å². The lowest BCUT2D eigenvalue weighted by Crippen LogP contribution is -2.56. The Hall–Kier alpha value is -3.33. The normalized spacial score (nSPS) is 28.9. The Kier molecular flexibility index (Phi) is 5.51. The molecule has 5 heterocycles. The molecule has 1 N–H and O–H groups in total. The van der Waals surface area contributed by atoms with Gasteiger partial charge < -0.3 is 15.1 Å². The van der Waals surface area contributed by atoms with Gasteiger partial charge in [0.25, 0.3) is 11.8 Å². The van der Waals surface area contributed by atoms with Crippen molar-refractivity contribution in [2.45, 2.75) is 43.7 Å². The third-order valence-electron chi connectivity index (χ3n) is 8.12. The highest BCUT2D eigenvalue weighted by molar-refractivity contribution is 6.11. The Balaban J connectivity index is 1.35. The van der Waals surface area contributed by atoms with Crippen LogP contribution in [0.5, 0.6) is 0 Å². The maximum atomic E-state index is 14.3. The molecule has 3 saturated heterocycles. The van der Waals surface area contributed by atoms with Crippen molar-refractivity contribution in [3.63, 3.8) is 0 Å². The SMILES string of the molecule is O=C1NCCCN(C(=O)c2cnccn2)CCCN2C(=O)[C@@]3(c4ccccc42)[C@@H]1C[C@@H]1CCCN13. The largest absolute Gasteiger partial charge is 0.356 e. The highest BCUT2D eigenvalue weighted by Gasteiger charge is 2.66. The van der Waals surface area contributed by atoms with Gasteiger partial charge in [0, 0.05) is 55.9 Å². The second kappa shape index (κ2) is 8.71. The van der Waals surface area contributed by atoms with Crippen LogP contribution in [0.3, 0.4) is 0 Å². The zero-order valence-electron chi connectivity index (χ0n) is 19.7. The molecule has 35 heavy (non-hydrogen) atoms. The Morgan fingerprint density at radius 3 is 2.74 bits per heavy atom. The van der Waals surface area contributed by atoms with Gasteiger partial charge in [-0.1, -0.05) is 18.2 Å². The molecule has 9 heteroatoms. The van der Waals surface area contributed by atoms with Gasteiger partial charge in [-0.15, -0.1) is 0 Å². The average Bonchev–Trinajstić information content (AvgIpc) is 3.54. The number of carbonyl (C=O) groups is 3. The van der Waals surface area contributed by atoms with Crippen LogP contribution in [0.1, 0.15) is 48.2 Å². The number of amides is 3. The van der Waals surface area contributed by atoms with Gasteiger partial charge in [-0.2, -0.15) is 0 Å². The van der Waals surface area contributed by atoms with Gasteiger partial charge in [-0.05, 0) is 44.7 Å². The molecule has 3 amide bonds. The number of aromatic nitrogens is 2. The molecule has 4 aliphatic rings. The van der Waals surface area contributed by atoms with E-state index < -0.39 is 11.5 Å². The molecule has 2 aromatic rings. The number of nitrogens with zero attached hydrogens (tertiary/aromatic N) is 5. The van der Waals surface area contributed by atoms with Crippen LogP contribution in [0, 0.1) is 5.92 Å². The lowest BCUT2D eigenvalue weighted by Gasteiger charge is -2.37. The summed E-state index contributed by atoms with van der Waals surface area (Å²) in [6.07, 6.45) is 8.59. The molecule has 1 spiro atoms. The number of benzene rings is 1. The quantitative estimate of drug-likeness (QED) is 0.674. The van der Waals surface area contributed by atoms with Crippen molar-refractivity contribution in [2.24, 2.45) is 5.92 Å². The number of rotatable bonds is 1. The van der Waals surface area contributed by atoms with Gasteiger partial charge in [-0.25, -0.2) is 4.98 Å². The third-order valence-corrected chi connectivity index (χ3v) is 8.12. The van der Waals surface area contributed by atoms with Crippen molar-refractivity contribution in [2.75, 3.05) is 37.6 Å². The van der Waals surface area contributed by atoms with Crippen molar-refractivity contribution in [3.05, 3.63) is 54.1 Å². The second-order valence-electron chi connectivity index (χ2n) is 9.90. The van der Waals surface area contributed by atoms with E-state index in [9.17, 15) is 14.4 Å².